The summed E-state index contributed by atoms with van der Waals surface area (Å²) < 4.78 is 0. The van der Waals surface area contributed by atoms with Gasteiger partial charge in [0.25, 0.3) is 0 Å². The van der Waals surface area contributed by atoms with Crippen LogP contribution < -0.4 is 16.9 Å². The maximum absolute atomic E-state index is 9.23. The van der Waals surface area contributed by atoms with Gasteiger partial charge in [-0.3, -0.25) is 0 Å². The predicted molar refractivity (Wildman–Crippen MR) is 75.6 cm³/mol. The highest BCUT2D eigenvalue weighted by Crippen LogP contribution is 2.27. The minimum Gasteiger partial charge on any atom is -0.423 e. The largest absolute Gasteiger partial charge is 0.488 e. The van der Waals surface area contributed by atoms with E-state index in [1.165, 1.54) is 6.07 Å². The maximum Gasteiger partial charge on any atom is 0.488 e. The Balaban J connectivity index is 2.74. The van der Waals surface area contributed by atoms with Crippen LogP contribution in [0.1, 0.15) is 11.1 Å². The summed E-state index contributed by atoms with van der Waals surface area (Å²) in [6.07, 6.45) is 0. The summed E-state index contributed by atoms with van der Waals surface area (Å²) in [5.74, 6) is -0.0600. The number of nitrogens with two attached hydrogens (primary N) is 2. The summed E-state index contributed by atoms with van der Waals surface area (Å²) >= 11 is 0. The maximum atomic E-state index is 9.23. The number of hydrogen-bond donors (Lipinski definition) is 4. The molecule has 1 heterocycles. The molecule has 0 unspecified atom stereocenters. The number of aromatic nitrogens is 2. The molecule has 1 aromatic heterocycles. The van der Waals surface area contributed by atoms with Crippen LogP contribution >= 0.6 is 0 Å². The molecule has 0 radical (unpaired) electrons. The van der Waals surface area contributed by atoms with Crippen LogP contribution in [0.25, 0.3) is 11.3 Å². The minimum atomic E-state index is -1.61. The van der Waals surface area contributed by atoms with E-state index in [2.05, 4.69) is 9.97 Å². The minimum absolute atomic E-state index is 0.00986. The molecular formula is C12H12BN5O2. The Morgan fingerprint density at radius 2 is 1.95 bits per heavy atom. The van der Waals surface area contributed by atoms with E-state index < -0.39 is 7.12 Å². The lowest BCUT2D eigenvalue weighted by molar-refractivity contribution is 0.426. The van der Waals surface area contributed by atoms with Gasteiger partial charge >= 0.3 is 7.12 Å². The number of aryl methyl sites for hydroxylation is 1. The highest BCUT2D eigenvalue weighted by atomic mass is 16.4. The lowest BCUT2D eigenvalue weighted by Crippen LogP contribution is -2.29. The van der Waals surface area contributed by atoms with E-state index in [9.17, 15) is 15.3 Å². The van der Waals surface area contributed by atoms with Gasteiger partial charge in [0.15, 0.2) is 0 Å². The molecule has 1 aromatic carbocycles. The van der Waals surface area contributed by atoms with Crippen molar-refractivity contribution >= 4 is 24.3 Å². The van der Waals surface area contributed by atoms with Crippen LogP contribution in [0.15, 0.2) is 18.2 Å². The van der Waals surface area contributed by atoms with Gasteiger partial charge in [-0.15, -0.1) is 0 Å². The Bertz CT molecular complexity index is 712. The van der Waals surface area contributed by atoms with Gasteiger partial charge in [-0.1, -0.05) is 18.2 Å². The molecule has 0 fully saturated rings. The van der Waals surface area contributed by atoms with Crippen molar-refractivity contribution in [3.05, 3.63) is 29.3 Å². The lowest BCUT2D eigenvalue weighted by atomic mass is 9.78. The van der Waals surface area contributed by atoms with Crippen LogP contribution in [0.3, 0.4) is 0 Å². The van der Waals surface area contributed by atoms with E-state index in [0.717, 1.165) is 5.56 Å². The number of benzene rings is 1. The molecule has 2 rings (SSSR count). The Labute approximate surface area is 115 Å². The third-order valence-corrected chi connectivity index (χ3v) is 2.88. The SMILES string of the molecule is Cc1ccc(B(O)O)cc1-c1nc(N)nc(N)c1C#N. The molecule has 0 aliphatic rings. The fourth-order valence-corrected chi connectivity index (χ4v) is 1.86. The molecule has 20 heavy (non-hydrogen) atoms. The number of rotatable bonds is 2. The van der Waals surface area contributed by atoms with Gasteiger partial charge in [0, 0.05) is 5.56 Å². The van der Waals surface area contributed by atoms with Gasteiger partial charge in [-0.25, -0.2) is 4.98 Å². The van der Waals surface area contributed by atoms with Gasteiger partial charge in [-0.05, 0) is 17.9 Å². The van der Waals surface area contributed by atoms with Crippen molar-refractivity contribution in [3.63, 3.8) is 0 Å². The molecule has 8 heteroatoms. The van der Waals surface area contributed by atoms with Gasteiger partial charge in [0.2, 0.25) is 5.95 Å². The summed E-state index contributed by atoms with van der Waals surface area (Å²) in [5, 5.41) is 27.6. The summed E-state index contributed by atoms with van der Waals surface area (Å²) in [6, 6.07) is 6.73. The molecule has 0 aliphatic carbocycles. The van der Waals surface area contributed by atoms with Crippen molar-refractivity contribution in [1.82, 2.24) is 9.97 Å². The van der Waals surface area contributed by atoms with E-state index in [4.69, 9.17) is 11.5 Å². The van der Waals surface area contributed by atoms with Gasteiger partial charge in [0.05, 0.1) is 5.69 Å². The third-order valence-electron chi connectivity index (χ3n) is 2.88. The second-order valence-corrected chi connectivity index (χ2v) is 4.25. The van der Waals surface area contributed by atoms with Crippen LogP contribution in [0.4, 0.5) is 11.8 Å². The first-order valence-corrected chi connectivity index (χ1v) is 5.74. The predicted octanol–water partition coefficient (Wildman–Crippen LogP) is -0.832. The van der Waals surface area contributed by atoms with Crippen LogP contribution in [-0.2, 0) is 0 Å². The first kappa shape index (κ1) is 13.8. The zero-order valence-electron chi connectivity index (χ0n) is 10.7. The molecule has 0 amide bonds. The molecule has 0 atom stereocenters. The number of nitrogens with zero attached hydrogens (tertiary/aromatic N) is 3. The van der Waals surface area contributed by atoms with E-state index >= 15 is 0 Å². The van der Waals surface area contributed by atoms with E-state index in [1.54, 1.807) is 19.1 Å². The Morgan fingerprint density at radius 1 is 1.25 bits per heavy atom. The molecular weight excluding hydrogens is 257 g/mol. The molecule has 100 valence electrons. The molecule has 0 bridgehead atoms. The quantitative estimate of drug-likeness (QED) is 0.521. The van der Waals surface area contributed by atoms with Crippen LogP contribution in [0, 0.1) is 18.3 Å². The van der Waals surface area contributed by atoms with Crippen LogP contribution in [0.5, 0.6) is 0 Å². The summed E-state index contributed by atoms with van der Waals surface area (Å²) in [5.41, 5.74) is 13.2. The Morgan fingerprint density at radius 3 is 2.55 bits per heavy atom. The smallest absolute Gasteiger partial charge is 0.423 e. The standard InChI is InChI=1S/C12H12BN5O2/c1-6-2-3-7(13(19)20)4-8(6)10-9(5-14)11(15)18-12(16)17-10/h2-4,19-20H,1H3,(H4,15,16,17,18). The first-order valence-electron chi connectivity index (χ1n) is 5.74. The topological polar surface area (TPSA) is 142 Å². The number of hydrogen-bond acceptors (Lipinski definition) is 7. The van der Waals surface area contributed by atoms with E-state index in [0.29, 0.717) is 5.56 Å². The second kappa shape index (κ2) is 5.17. The number of nitrogen functional groups attached to an aromatic ring is 2. The zero-order chi connectivity index (χ0) is 14.9. The summed E-state index contributed by atoms with van der Waals surface area (Å²) in [6.45, 7) is 1.80. The highest BCUT2D eigenvalue weighted by Gasteiger charge is 2.18. The van der Waals surface area contributed by atoms with E-state index in [-0.39, 0.29) is 28.5 Å². The molecule has 0 aliphatic heterocycles. The van der Waals surface area contributed by atoms with Crippen molar-refractivity contribution in [1.29, 1.82) is 5.26 Å². The first-order chi connectivity index (χ1) is 9.43. The monoisotopic (exact) mass is 269 g/mol. The highest BCUT2D eigenvalue weighted by molar-refractivity contribution is 6.58. The van der Waals surface area contributed by atoms with Crippen molar-refractivity contribution in [3.8, 4) is 17.3 Å². The van der Waals surface area contributed by atoms with Gasteiger partial charge < -0.3 is 21.5 Å². The van der Waals surface area contributed by atoms with Crippen molar-refractivity contribution in [2.45, 2.75) is 6.92 Å². The fraction of sp³-hybridized carbons (Fsp3) is 0.0833. The van der Waals surface area contributed by atoms with E-state index in [1.807, 2.05) is 6.07 Å². The third kappa shape index (κ3) is 2.40. The molecule has 0 spiro atoms. The number of nitriles is 1. The second-order valence-electron chi connectivity index (χ2n) is 4.25. The van der Waals surface area contributed by atoms with Crippen molar-refractivity contribution < 1.29 is 10.0 Å². The Kier molecular flexibility index (Phi) is 3.56. The number of anilines is 2. The molecule has 0 saturated carbocycles. The summed E-state index contributed by atoms with van der Waals surface area (Å²) in [4.78, 5) is 7.78. The molecule has 0 saturated heterocycles. The average Bonchev–Trinajstić information content (AvgIpc) is 2.38. The molecule has 6 N–H and O–H groups in total. The summed E-state index contributed by atoms with van der Waals surface area (Å²) in [7, 11) is -1.61. The van der Waals surface area contributed by atoms with Crippen molar-refractivity contribution in [2.75, 3.05) is 11.5 Å². The van der Waals surface area contributed by atoms with Gasteiger partial charge in [-0.2, -0.15) is 10.2 Å². The lowest BCUT2D eigenvalue weighted by Gasteiger charge is -2.11. The normalized spacial score (nSPS) is 10.1. The Hall–Kier alpha value is -2.63. The van der Waals surface area contributed by atoms with Gasteiger partial charge in [0.1, 0.15) is 17.5 Å². The fourth-order valence-electron chi connectivity index (χ4n) is 1.86. The van der Waals surface area contributed by atoms with Crippen molar-refractivity contribution in [2.24, 2.45) is 0 Å². The zero-order valence-corrected chi connectivity index (χ0v) is 10.7. The molecule has 2 aromatic rings. The van der Waals surface area contributed by atoms with Crippen LogP contribution in [0.2, 0.25) is 0 Å². The molecule has 7 nitrogen and oxygen atoms in total. The average molecular weight is 269 g/mol. The van der Waals surface area contributed by atoms with Crippen LogP contribution in [-0.4, -0.2) is 27.1 Å².